The van der Waals surface area contributed by atoms with Gasteiger partial charge in [-0.25, -0.2) is 13.1 Å². The van der Waals surface area contributed by atoms with Gasteiger partial charge in [0, 0.05) is 6.54 Å². The second-order valence-electron chi connectivity index (χ2n) is 3.45. The first-order valence-corrected chi connectivity index (χ1v) is 6.86. The van der Waals surface area contributed by atoms with E-state index in [-0.39, 0.29) is 4.90 Å². The highest BCUT2D eigenvalue weighted by atomic mass is 32.2. The Morgan fingerprint density at radius 1 is 1.35 bits per heavy atom. The third-order valence-electron chi connectivity index (χ3n) is 2.10. The maximum Gasteiger partial charge on any atom is 0.242 e. The van der Waals surface area contributed by atoms with Gasteiger partial charge >= 0.3 is 0 Å². The number of benzene rings is 1. The summed E-state index contributed by atoms with van der Waals surface area (Å²) in [5.74, 6) is 2.41. The van der Waals surface area contributed by atoms with Gasteiger partial charge in [0.15, 0.2) is 0 Å². The molecule has 4 nitrogen and oxygen atoms in total. The molecule has 0 radical (unpaired) electrons. The zero-order valence-electron chi connectivity index (χ0n) is 9.73. The summed E-state index contributed by atoms with van der Waals surface area (Å²) in [6.45, 7) is 2.62. The molecular formula is C12H16N2O2S. The number of para-hydroxylation sites is 1. The third-order valence-corrected chi connectivity index (χ3v) is 3.62. The Kier molecular flexibility index (Phi) is 5.01. The van der Waals surface area contributed by atoms with E-state index in [0.717, 1.165) is 6.42 Å². The van der Waals surface area contributed by atoms with Crippen LogP contribution in [0.2, 0.25) is 0 Å². The number of terminal acetylenes is 1. The highest BCUT2D eigenvalue weighted by Gasteiger charge is 2.16. The van der Waals surface area contributed by atoms with Crippen molar-refractivity contribution in [3.8, 4) is 12.3 Å². The van der Waals surface area contributed by atoms with Gasteiger partial charge in [-0.15, -0.1) is 6.42 Å². The predicted molar refractivity (Wildman–Crippen MR) is 69.2 cm³/mol. The van der Waals surface area contributed by atoms with Gasteiger partial charge in [-0.05, 0) is 18.6 Å². The summed E-state index contributed by atoms with van der Waals surface area (Å²) in [5, 5.41) is 2.89. The number of rotatable bonds is 6. The molecule has 0 bridgehead atoms. The molecule has 0 heterocycles. The monoisotopic (exact) mass is 252 g/mol. The van der Waals surface area contributed by atoms with E-state index in [0.29, 0.717) is 18.8 Å². The van der Waals surface area contributed by atoms with E-state index in [1.54, 1.807) is 24.3 Å². The van der Waals surface area contributed by atoms with Crippen molar-refractivity contribution in [2.75, 3.05) is 18.4 Å². The first-order chi connectivity index (χ1) is 8.11. The lowest BCUT2D eigenvalue weighted by atomic mass is 10.3. The van der Waals surface area contributed by atoms with E-state index in [2.05, 4.69) is 16.0 Å². The predicted octanol–water partition coefficient (Wildman–Crippen LogP) is 1.42. The molecule has 0 saturated carbocycles. The SMILES string of the molecule is C#CCNc1ccccc1S(=O)(=O)NCCC. The van der Waals surface area contributed by atoms with Crippen LogP contribution >= 0.6 is 0 Å². The normalized spacial score (nSPS) is 10.8. The van der Waals surface area contributed by atoms with E-state index >= 15 is 0 Å². The molecule has 1 aromatic rings. The molecular weight excluding hydrogens is 236 g/mol. The number of sulfonamides is 1. The smallest absolute Gasteiger partial charge is 0.242 e. The summed E-state index contributed by atoms with van der Waals surface area (Å²) in [7, 11) is -3.46. The molecule has 0 atom stereocenters. The summed E-state index contributed by atoms with van der Waals surface area (Å²) < 4.78 is 26.5. The number of anilines is 1. The fourth-order valence-corrected chi connectivity index (χ4v) is 2.62. The molecule has 0 spiro atoms. The van der Waals surface area contributed by atoms with Gasteiger partial charge in [0.05, 0.1) is 12.2 Å². The van der Waals surface area contributed by atoms with E-state index in [4.69, 9.17) is 6.42 Å². The Balaban J connectivity index is 3.00. The third kappa shape index (κ3) is 3.77. The molecule has 1 aromatic carbocycles. The fourth-order valence-electron chi connectivity index (χ4n) is 1.31. The van der Waals surface area contributed by atoms with Crippen molar-refractivity contribution in [3.63, 3.8) is 0 Å². The van der Waals surface area contributed by atoms with Gasteiger partial charge in [-0.3, -0.25) is 0 Å². The largest absolute Gasteiger partial charge is 0.373 e. The van der Waals surface area contributed by atoms with Crippen molar-refractivity contribution in [2.24, 2.45) is 0 Å². The summed E-state index contributed by atoms with van der Waals surface area (Å²) in [6, 6.07) is 6.69. The number of nitrogens with one attached hydrogen (secondary N) is 2. The Bertz CT molecular complexity index is 503. The maximum absolute atomic E-state index is 12.0. The molecule has 0 aliphatic heterocycles. The fraction of sp³-hybridized carbons (Fsp3) is 0.333. The Labute approximate surface area is 102 Å². The van der Waals surface area contributed by atoms with Crippen LogP contribution in [0.15, 0.2) is 29.2 Å². The van der Waals surface area contributed by atoms with Crippen molar-refractivity contribution in [1.82, 2.24) is 4.72 Å². The summed E-state index contributed by atoms with van der Waals surface area (Å²) in [6.07, 6.45) is 5.89. The van der Waals surface area contributed by atoms with Crippen LogP contribution in [0.3, 0.4) is 0 Å². The highest BCUT2D eigenvalue weighted by molar-refractivity contribution is 7.89. The van der Waals surface area contributed by atoms with Crippen LogP contribution in [0.25, 0.3) is 0 Å². The minimum atomic E-state index is -3.46. The molecule has 0 aliphatic rings. The Hall–Kier alpha value is -1.51. The molecule has 0 aliphatic carbocycles. The average Bonchev–Trinajstić information content (AvgIpc) is 2.34. The van der Waals surface area contributed by atoms with E-state index in [1.165, 1.54) is 0 Å². The minimum absolute atomic E-state index is 0.226. The second kappa shape index (κ2) is 6.28. The molecule has 0 aromatic heterocycles. The van der Waals surface area contributed by atoms with Crippen molar-refractivity contribution in [1.29, 1.82) is 0 Å². The molecule has 0 amide bonds. The van der Waals surface area contributed by atoms with Crippen LogP contribution in [-0.4, -0.2) is 21.5 Å². The standard InChI is InChI=1S/C12H16N2O2S/c1-3-9-13-11-7-5-6-8-12(11)17(15,16)14-10-4-2/h1,5-8,13-14H,4,9-10H2,2H3. The topological polar surface area (TPSA) is 58.2 Å². The molecule has 1 rings (SSSR count). The quantitative estimate of drug-likeness (QED) is 0.753. The van der Waals surface area contributed by atoms with E-state index in [9.17, 15) is 8.42 Å². The van der Waals surface area contributed by atoms with Crippen LogP contribution < -0.4 is 10.0 Å². The van der Waals surface area contributed by atoms with E-state index in [1.807, 2.05) is 6.92 Å². The zero-order valence-corrected chi connectivity index (χ0v) is 10.5. The van der Waals surface area contributed by atoms with Gasteiger partial charge in [0.1, 0.15) is 4.90 Å². The van der Waals surface area contributed by atoms with E-state index < -0.39 is 10.0 Å². The molecule has 2 N–H and O–H groups in total. The molecule has 0 saturated heterocycles. The van der Waals surface area contributed by atoms with Crippen LogP contribution in [0.1, 0.15) is 13.3 Å². The molecule has 17 heavy (non-hydrogen) atoms. The van der Waals surface area contributed by atoms with Crippen LogP contribution in [0.5, 0.6) is 0 Å². The number of hydrogen-bond acceptors (Lipinski definition) is 3. The number of hydrogen-bond donors (Lipinski definition) is 2. The van der Waals surface area contributed by atoms with Gasteiger partial charge in [-0.2, -0.15) is 0 Å². The van der Waals surface area contributed by atoms with Crippen molar-refractivity contribution in [2.45, 2.75) is 18.2 Å². The summed E-state index contributed by atoms with van der Waals surface area (Å²) >= 11 is 0. The first kappa shape index (κ1) is 13.6. The van der Waals surface area contributed by atoms with Crippen molar-refractivity contribution in [3.05, 3.63) is 24.3 Å². The van der Waals surface area contributed by atoms with Crippen LogP contribution in [0.4, 0.5) is 5.69 Å². The lowest BCUT2D eigenvalue weighted by Gasteiger charge is -2.11. The molecule has 92 valence electrons. The summed E-state index contributed by atoms with van der Waals surface area (Å²) in [4.78, 5) is 0.226. The van der Waals surface area contributed by atoms with Gasteiger partial charge in [-0.1, -0.05) is 25.0 Å². The van der Waals surface area contributed by atoms with Crippen LogP contribution in [0, 0.1) is 12.3 Å². The first-order valence-electron chi connectivity index (χ1n) is 5.38. The maximum atomic E-state index is 12.0. The van der Waals surface area contributed by atoms with Gasteiger partial charge < -0.3 is 5.32 Å². The molecule has 0 unspecified atom stereocenters. The molecule has 5 heteroatoms. The lowest BCUT2D eigenvalue weighted by molar-refractivity contribution is 0.581. The van der Waals surface area contributed by atoms with Gasteiger partial charge in [0.25, 0.3) is 0 Å². The average molecular weight is 252 g/mol. The second-order valence-corrected chi connectivity index (χ2v) is 5.19. The minimum Gasteiger partial charge on any atom is -0.373 e. The lowest BCUT2D eigenvalue weighted by Crippen LogP contribution is -2.25. The van der Waals surface area contributed by atoms with Crippen molar-refractivity contribution < 1.29 is 8.42 Å². The Morgan fingerprint density at radius 3 is 2.71 bits per heavy atom. The van der Waals surface area contributed by atoms with Crippen molar-refractivity contribution >= 4 is 15.7 Å². The summed E-state index contributed by atoms with van der Waals surface area (Å²) in [5.41, 5.74) is 0.522. The Morgan fingerprint density at radius 2 is 2.06 bits per heavy atom. The van der Waals surface area contributed by atoms with Gasteiger partial charge in [0.2, 0.25) is 10.0 Å². The highest BCUT2D eigenvalue weighted by Crippen LogP contribution is 2.20. The molecule has 0 fully saturated rings. The van der Waals surface area contributed by atoms with Crippen LogP contribution in [-0.2, 0) is 10.0 Å². The zero-order chi connectivity index (χ0) is 12.7.